The third-order valence-electron chi connectivity index (χ3n) is 4.25. The summed E-state index contributed by atoms with van der Waals surface area (Å²) in [6.07, 6.45) is 3.96. The fourth-order valence-corrected chi connectivity index (χ4v) is 3.10. The van der Waals surface area contributed by atoms with E-state index >= 15 is 0 Å². The second-order valence-electron chi connectivity index (χ2n) is 6.38. The van der Waals surface area contributed by atoms with Gasteiger partial charge in [0.25, 0.3) is 0 Å². The zero-order chi connectivity index (χ0) is 15.5. The molecule has 21 heavy (non-hydrogen) atoms. The molecule has 0 radical (unpaired) electrons. The summed E-state index contributed by atoms with van der Waals surface area (Å²) >= 11 is 0. The lowest BCUT2D eigenvalue weighted by atomic mass is 9.82. The van der Waals surface area contributed by atoms with Crippen LogP contribution in [0.1, 0.15) is 31.0 Å². The van der Waals surface area contributed by atoms with Crippen LogP contribution in [0.2, 0.25) is 0 Å². The van der Waals surface area contributed by atoms with E-state index in [-0.39, 0.29) is 12.0 Å². The average Bonchev–Trinajstić information content (AvgIpc) is 2.71. The Labute approximate surface area is 127 Å². The van der Waals surface area contributed by atoms with Crippen molar-refractivity contribution in [3.63, 3.8) is 0 Å². The maximum atomic E-state index is 9.58. The van der Waals surface area contributed by atoms with Gasteiger partial charge in [0.1, 0.15) is 6.61 Å². The Morgan fingerprint density at radius 1 is 1.52 bits per heavy atom. The van der Waals surface area contributed by atoms with Crippen LogP contribution in [0.5, 0.6) is 5.88 Å². The predicted octanol–water partition coefficient (Wildman–Crippen LogP) is 1.89. The number of aliphatic hydroxyl groups excluding tert-OH is 1. The molecule has 0 saturated carbocycles. The number of hydrogen-bond acceptors (Lipinski definition) is 4. The van der Waals surface area contributed by atoms with Crippen molar-refractivity contribution >= 4 is 0 Å². The number of nitrogens with zero attached hydrogens (tertiary/aromatic N) is 3. The highest BCUT2D eigenvalue weighted by Crippen LogP contribution is 2.31. The summed E-state index contributed by atoms with van der Waals surface area (Å²) < 4.78 is 7.56. The Morgan fingerprint density at radius 2 is 2.29 bits per heavy atom. The fraction of sp³-hybridized carbons (Fsp3) is 0.688. The van der Waals surface area contributed by atoms with E-state index < -0.39 is 0 Å². The summed E-state index contributed by atoms with van der Waals surface area (Å²) in [5.74, 6) is 0.823. The maximum absolute atomic E-state index is 9.58. The summed E-state index contributed by atoms with van der Waals surface area (Å²) in [7, 11) is 1.91. The van der Waals surface area contributed by atoms with Crippen molar-refractivity contribution in [2.75, 3.05) is 26.3 Å². The van der Waals surface area contributed by atoms with E-state index in [1.807, 2.05) is 14.0 Å². The van der Waals surface area contributed by atoms with Gasteiger partial charge in [-0.15, -0.1) is 0 Å². The molecule has 1 saturated heterocycles. The van der Waals surface area contributed by atoms with Crippen molar-refractivity contribution in [1.29, 1.82) is 0 Å². The number of aliphatic hydroxyl groups is 1. The van der Waals surface area contributed by atoms with Crippen molar-refractivity contribution in [2.24, 2.45) is 12.5 Å². The molecule has 1 aromatic rings. The normalized spacial score (nSPS) is 23.2. The number of piperidine rings is 1. The fourth-order valence-electron chi connectivity index (χ4n) is 3.10. The van der Waals surface area contributed by atoms with Crippen molar-refractivity contribution < 1.29 is 9.84 Å². The molecule has 118 valence electrons. The van der Waals surface area contributed by atoms with E-state index in [1.165, 1.54) is 0 Å². The summed E-state index contributed by atoms with van der Waals surface area (Å²) in [5.41, 5.74) is 2.16. The highest BCUT2D eigenvalue weighted by molar-refractivity contribution is 5.31. The molecule has 0 bridgehead atoms. The van der Waals surface area contributed by atoms with Crippen LogP contribution >= 0.6 is 0 Å². The molecule has 5 nitrogen and oxygen atoms in total. The zero-order valence-corrected chi connectivity index (χ0v) is 13.4. The average molecular weight is 293 g/mol. The topological polar surface area (TPSA) is 50.5 Å². The van der Waals surface area contributed by atoms with Crippen molar-refractivity contribution in [3.8, 4) is 5.88 Å². The molecule has 1 aromatic heterocycles. The third kappa shape index (κ3) is 3.66. The maximum Gasteiger partial charge on any atom is 0.216 e. The summed E-state index contributed by atoms with van der Waals surface area (Å²) in [6.45, 7) is 11.4. The Hall–Kier alpha value is -1.33. The Bertz CT molecular complexity index is 498. The molecule has 0 aromatic carbocycles. The number of rotatable bonds is 6. The second-order valence-corrected chi connectivity index (χ2v) is 6.38. The third-order valence-corrected chi connectivity index (χ3v) is 4.25. The molecule has 1 aliphatic heterocycles. The van der Waals surface area contributed by atoms with E-state index in [9.17, 15) is 5.11 Å². The summed E-state index contributed by atoms with van der Waals surface area (Å²) in [4.78, 5) is 2.39. The van der Waals surface area contributed by atoms with Crippen molar-refractivity contribution in [2.45, 2.75) is 33.2 Å². The van der Waals surface area contributed by atoms with Crippen LogP contribution in [-0.4, -0.2) is 46.1 Å². The van der Waals surface area contributed by atoms with Crippen LogP contribution < -0.4 is 4.74 Å². The number of aromatic nitrogens is 2. The van der Waals surface area contributed by atoms with Crippen molar-refractivity contribution in [3.05, 3.63) is 23.9 Å². The number of likely N-dealkylation sites (tertiary alicyclic amines) is 1. The lowest BCUT2D eigenvalue weighted by Crippen LogP contribution is -2.43. The van der Waals surface area contributed by atoms with Gasteiger partial charge in [0.2, 0.25) is 5.88 Å². The standard InChI is InChI=1S/C16H27N3O2/c1-5-9-21-15-14(13(2)17-18(15)4)10-19-8-6-7-16(3,11-19)12-20/h5,20H,1,6-12H2,2-4H3. The minimum atomic E-state index is 0.0104. The van der Waals surface area contributed by atoms with E-state index in [4.69, 9.17) is 4.74 Å². The first-order chi connectivity index (χ1) is 9.99. The SMILES string of the molecule is C=CCOc1c(CN2CCCC(C)(CO)C2)c(C)nn1C. The quantitative estimate of drug-likeness (QED) is 0.814. The first kappa shape index (κ1) is 16.0. The molecule has 5 heteroatoms. The van der Waals surface area contributed by atoms with E-state index in [2.05, 4.69) is 23.5 Å². The first-order valence-corrected chi connectivity index (χ1v) is 7.58. The van der Waals surface area contributed by atoms with Crippen LogP contribution in [0.25, 0.3) is 0 Å². The monoisotopic (exact) mass is 293 g/mol. The van der Waals surface area contributed by atoms with Crippen LogP contribution in [0.15, 0.2) is 12.7 Å². The van der Waals surface area contributed by atoms with Gasteiger partial charge < -0.3 is 9.84 Å². The van der Waals surface area contributed by atoms with Gasteiger partial charge in [0, 0.05) is 32.2 Å². The summed E-state index contributed by atoms with van der Waals surface area (Å²) in [5, 5.41) is 14.1. The summed E-state index contributed by atoms with van der Waals surface area (Å²) in [6, 6.07) is 0. The number of hydrogen-bond donors (Lipinski definition) is 1. The molecular formula is C16H27N3O2. The van der Waals surface area contributed by atoms with Gasteiger partial charge in [-0.05, 0) is 26.3 Å². The largest absolute Gasteiger partial charge is 0.473 e. The molecule has 1 atom stereocenters. The molecule has 1 N–H and O–H groups in total. The van der Waals surface area contributed by atoms with Gasteiger partial charge >= 0.3 is 0 Å². The van der Waals surface area contributed by atoms with Gasteiger partial charge in [-0.3, -0.25) is 4.90 Å². The molecule has 1 aliphatic rings. The number of aryl methyl sites for hydroxylation is 2. The minimum absolute atomic E-state index is 0.0104. The zero-order valence-electron chi connectivity index (χ0n) is 13.4. The van der Waals surface area contributed by atoms with E-state index in [0.717, 1.165) is 49.6 Å². The first-order valence-electron chi connectivity index (χ1n) is 7.58. The lowest BCUT2D eigenvalue weighted by molar-refractivity contribution is 0.0424. The smallest absolute Gasteiger partial charge is 0.216 e. The van der Waals surface area contributed by atoms with Gasteiger partial charge in [-0.2, -0.15) is 5.10 Å². The van der Waals surface area contributed by atoms with Crippen molar-refractivity contribution in [1.82, 2.24) is 14.7 Å². The van der Waals surface area contributed by atoms with Crippen LogP contribution in [0, 0.1) is 12.3 Å². The highest BCUT2D eigenvalue weighted by atomic mass is 16.5. The Balaban J connectivity index is 2.13. The van der Waals surface area contributed by atoms with E-state index in [1.54, 1.807) is 10.8 Å². The molecule has 0 amide bonds. The second kappa shape index (κ2) is 6.62. The molecule has 0 aliphatic carbocycles. The van der Waals surface area contributed by atoms with Gasteiger partial charge in [-0.1, -0.05) is 19.6 Å². The molecule has 2 rings (SSSR count). The Kier molecular flexibility index (Phi) is 5.06. The minimum Gasteiger partial charge on any atom is -0.473 e. The predicted molar refractivity (Wildman–Crippen MR) is 83.3 cm³/mol. The highest BCUT2D eigenvalue weighted by Gasteiger charge is 2.31. The van der Waals surface area contributed by atoms with Gasteiger partial charge in [0.05, 0.1) is 11.3 Å². The molecular weight excluding hydrogens is 266 g/mol. The van der Waals surface area contributed by atoms with E-state index in [0.29, 0.717) is 6.61 Å². The van der Waals surface area contributed by atoms with Crippen LogP contribution in [-0.2, 0) is 13.6 Å². The molecule has 1 unspecified atom stereocenters. The van der Waals surface area contributed by atoms with Crippen LogP contribution in [0.4, 0.5) is 0 Å². The molecule has 1 fully saturated rings. The molecule has 2 heterocycles. The lowest BCUT2D eigenvalue weighted by Gasteiger charge is -2.39. The van der Waals surface area contributed by atoms with Gasteiger partial charge in [-0.25, -0.2) is 4.68 Å². The number of ether oxygens (including phenoxy) is 1. The Morgan fingerprint density at radius 3 is 2.95 bits per heavy atom. The molecule has 0 spiro atoms. The van der Waals surface area contributed by atoms with Crippen LogP contribution in [0.3, 0.4) is 0 Å². The van der Waals surface area contributed by atoms with Gasteiger partial charge in [0.15, 0.2) is 0 Å².